The van der Waals surface area contributed by atoms with E-state index in [9.17, 15) is 5.11 Å². The molecule has 0 saturated carbocycles. The van der Waals surface area contributed by atoms with Crippen molar-refractivity contribution in [1.82, 2.24) is 4.98 Å². The predicted molar refractivity (Wildman–Crippen MR) is 48.9 cm³/mol. The molecular formula is C7H7BrClNO2. The van der Waals surface area contributed by atoms with Gasteiger partial charge in [0.05, 0.1) is 0 Å². The molecular weight excluding hydrogens is 245 g/mol. The minimum Gasteiger partial charge on any atom is -0.364 e. The fourth-order valence-electron chi connectivity index (χ4n) is 0.734. The molecule has 66 valence electrons. The molecule has 0 spiro atoms. The second-order valence-electron chi connectivity index (χ2n) is 2.10. The number of halogens is 2. The van der Waals surface area contributed by atoms with Crippen LogP contribution in [0.25, 0.3) is 0 Å². The van der Waals surface area contributed by atoms with E-state index in [1.807, 2.05) is 0 Å². The molecule has 0 amide bonds. The van der Waals surface area contributed by atoms with Gasteiger partial charge in [-0.25, -0.2) is 4.98 Å². The van der Waals surface area contributed by atoms with Gasteiger partial charge in [0.1, 0.15) is 9.76 Å². The molecule has 0 aliphatic rings. The molecule has 0 radical (unpaired) electrons. The number of ether oxygens (including phenoxy) is 1. The lowest BCUT2D eigenvalue weighted by molar-refractivity contribution is -0.0770. The third-order valence-electron chi connectivity index (χ3n) is 1.33. The van der Waals surface area contributed by atoms with Crippen LogP contribution in [0.1, 0.15) is 11.9 Å². The fraction of sp³-hybridized carbons (Fsp3) is 0.286. The lowest BCUT2D eigenvalue weighted by Gasteiger charge is -2.09. The Balaban J connectivity index is 3.01. The van der Waals surface area contributed by atoms with Gasteiger partial charge in [-0.15, -0.1) is 0 Å². The number of aliphatic hydroxyl groups is 1. The zero-order valence-electron chi connectivity index (χ0n) is 6.29. The highest BCUT2D eigenvalue weighted by Crippen LogP contribution is 2.23. The molecule has 0 fully saturated rings. The molecule has 0 aliphatic carbocycles. The Bertz CT molecular complexity index is 282. The van der Waals surface area contributed by atoms with Crippen molar-refractivity contribution >= 4 is 27.5 Å². The quantitative estimate of drug-likeness (QED) is 0.648. The van der Waals surface area contributed by atoms with Gasteiger partial charge in [0.2, 0.25) is 0 Å². The lowest BCUT2D eigenvalue weighted by atomic mass is 10.3. The van der Waals surface area contributed by atoms with Crippen LogP contribution in [0.3, 0.4) is 0 Å². The van der Waals surface area contributed by atoms with Gasteiger partial charge in [0, 0.05) is 12.7 Å². The van der Waals surface area contributed by atoms with Crippen molar-refractivity contribution in [2.75, 3.05) is 7.11 Å². The van der Waals surface area contributed by atoms with Gasteiger partial charge >= 0.3 is 0 Å². The Kier molecular flexibility index (Phi) is 3.46. The summed E-state index contributed by atoms with van der Waals surface area (Å²) < 4.78 is 5.30. The van der Waals surface area contributed by atoms with Gasteiger partial charge in [0.25, 0.3) is 0 Å². The van der Waals surface area contributed by atoms with Gasteiger partial charge in [-0.2, -0.15) is 0 Å². The average Bonchev–Trinajstić information content (AvgIpc) is 2.03. The Hall–Kier alpha value is -0.160. The van der Waals surface area contributed by atoms with Crippen molar-refractivity contribution in [3.63, 3.8) is 0 Å². The first-order valence-electron chi connectivity index (χ1n) is 3.18. The fourth-order valence-corrected chi connectivity index (χ4v) is 1.39. The largest absolute Gasteiger partial charge is 0.364 e. The van der Waals surface area contributed by atoms with Crippen LogP contribution < -0.4 is 0 Å². The number of hydrogen-bond donors (Lipinski definition) is 1. The second kappa shape index (κ2) is 4.18. The van der Waals surface area contributed by atoms with Crippen molar-refractivity contribution in [1.29, 1.82) is 0 Å². The smallest absolute Gasteiger partial charge is 0.183 e. The minimum atomic E-state index is -1.02. The van der Waals surface area contributed by atoms with Crippen LogP contribution >= 0.6 is 27.5 Å². The summed E-state index contributed by atoms with van der Waals surface area (Å²) in [6, 6.07) is 3.33. The van der Waals surface area contributed by atoms with E-state index in [0.717, 1.165) is 0 Å². The normalized spacial score (nSPS) is 13.0. The van der Waals surface area contributed by atoms with E-state index in [1.165, 1.54) is 7.11 Å². The third-order valence-corrected chi connectivity index (χ3v) is 2.08. The standard InChI is InChI=1S/C7H7BrClNO2/c1-12-7(11)4-2-3-5(8)10-6(4)9/h2-3,7,11H,1H3. The number of rotatable bonds is 2. The zero-order chi connectivity index (χ0) is 9.14. The Labute approximate surface area is 83.5 Å². The molecule has 1 N–H and O–H groups in total. The van der Waals surface area contributed by atoms with Crippen LogP contribution in [0.15, 0.2) is 16.7 Å². The molecule has 0 bridgehead atoms. The van der Waals surface area contributed by atoms with Crippen LogP contribution in [0.5, 0.6) is 0 Å². The summed E-state index contributed by atoms with van der Waals surface area (Å²) in [6.07, 6.45) is -1.02. The molecule has 3 nitrogen and oxygen atoms in total. The molecule has 5 heteroatoms. The summed E-state index contributed by atoms with van der Waals surface area (Å²) in [5.41, 5.74) is 0.461. The van der Waals surface area contributed by atoms with E-state index in [0.29, 0.717) is 10.2 Å². The first-order chi connectivity index (χ1) is 5.65. The van der Waals surface area contributed by atoms with E-state index < -0.39 is 6.29 Å². The van der Waals surface area contributed by atoms with Crippen LogP contribution in [-0.4, -0.2) is 17.2 Å². The Morgan fingerprint density at radius 2 is 2.33 bits per heavy atom. The topological polar surface area (TPSA) is 42.4 Å². The maximum atomic E-state index is 9.24. The molecule has 0 saturated heterocycles. The SMILES string of the molecule is COC(O)c1ccc(Br)nc1Cl. The number of aliphatic hydroxyl groups excluding tert-OH is 1. The van der Waals surface area contributed by atoms with Crippen molar-refractivity contribution in [2.45, 2.75) is 6.29 Å². The molecule has 0 aliphatic heterocycles. The molecule has 1 unspecified atom stereocenters. The summed E-state index contributed by atoms with van der Waals surface area (Å²) in [5, 5.41) is 9.47. The number of nitrogens with zero attached hydrogens (tertiary/aromatic N) is 1. The second-order valence-corrected chi connectivity index (χ2v) is 3.27. The molecule has 1 aromatic heterocycles. The first kappa shape index (κ1) is 9.92. The molecule has 0 aromatic carbocycles. The molecule has 1 atom stereocenters. The maximum absolute atomic E-state index is 9.24. The molecule has 1 rings (SSSR count). The Morgan fingerprint density at radius 1 is 1.67 bits per heavy atom. The van der Waals surface area contributed by atoms with Gasteiger partial charge in [0.15, 0.2) is 6.29 Å². The summed E-state index contributed by atoms with van der Waals surface area (Å²) >= 11 is 8.87. The summed E-state index contributed by atoms with van der Waals surface area (Å²) in [4.78, 5) is 3.88. The maximum Gasteiger partial charge on any atom is 0.183 e. The molecule has 1 heterocycles. The Morgan fingerprint density at radius 3 is 2.83 bits per heavy atom. The van der Waals surface area contributed by atoms with E-state index >= 15 is 0 Å². The summed E-state index contributed by atoms with van der Waals surface area (Å²) in [7, 11) is 1.39. The average molecular weight is 252 g/mol. The lowest BCUT2D eigenvalue weighted by Crippen LogP contribution is -2.01. The highest BCUT2D eigenvalue weighted by Gasteiger charge is 2.10. The van der Waals surface area contributed by atoms with E-state index in [2.05, 4.69) is 25.7 Å². The van der Waals surface area contributed by atoms with Crippen LogP contribution in [-0.2, 0) is 4.74 Å². The van der Waals surface area contributed by atoms with Gasteiger partial charge in [-0.3, -0.25) is 0 Å². The van der Waals surface area contributed by atoms with Crippen molar-refractivity contribution in [3.8, 4) is 0 Å². The van der Waals surface area contributed by atoms with Crippen LogP contribution in [0.4, 0.5) is 0 Å². The van der Waals surface area contributed by atoms with Gasteiger partial charge in [-0.1, -0.05) is 11.6 Å². The van der Waals surface area contributed by atoms with Crippen LogP contribution in [0, 0.1) is 0 Å². The number of methoxy groups -OCH3 is 1. The molecule has 1 aromatic rings. The van der Waals surface area contributed by atoms with Crippen molar-refractivity contribution in [2.24, 2.45) is 0 Å². The minimum absolute atomic E-state index is 0.235. The summed E-state index contributed by atoms with van der Waals surface area (Å²) in [5.74, 6) is 0. The number of hydrogen-bond acceptors (Lipinski definition) is 3. The number of aromatic nitrogens is 1. The van der Waals surface area contributed by atoms with Gasteiger partial charge in [-0.05, 0) is 28.1 Å². The van der Waals surface area contributed by atoms with Crippen molar-refractivity contribution < 1.29 is 9.84 Å². The van der Waals surface area contributed by atoms with E-state index in [1.54, 1.807) is 12.1 Å². The highest BCUT2D eigenvalue weighted by molar-refractivity contribution is 9.10. The van der Waals surface area contributed by atoms with Crippen molar-refractivity contribution in [3.05, 3.63) is 27.5 Å². The summed E-state index contributed by atoms with van der Waals surface area (Å²) in [6.45, 7) is 0. The first-order valence-corrected chi connectivity index (χ1v) is 4.35. The zero-order valence-corrected chi connectivity index (χ0v) is 8.63. The monoisotopic (exact) mass is 251 g/mol. The highest BCUT2D eigenvalue weighted by atomic mass is 79.9. The van der Waals surface area contributed by atoms with Crippen LogP contribution in [0.2, 0.25) is 5.15 Å². The third kappa shape index (κ3) is 2.17. The predicted octanol–water partition coefficient (Wildman–Crippen LogP) is 2.13. The van der Waals surface area contributed by atoms with E-state index in [-0.39, 0.29) is 5.15 Å². The van der Waals surface area contributed by atoms with E-state index in [4.69, 9.17) is 11.6 Å². The number of pyridine rings is 1. The molecule has 12 heavy (non-hydrogen) atoms. The van der Waals surface area contributed by atoms with Gasteiger partial charge < -0.3 is 9.84 Å².